The third kappa shape index (κ3) is 7.22. The van der Waals surface area contributed by atoms with E-state index in [1.54, 1.807) is 31.4 Å². The SMILES string of the molecule is CCCCCCC(=O)Nc1ccc(C(=O)NCCOC)cc1. The lowest BCUT2D eigenvalue weighted by molar-refractivity contribution is -0.116. The first-order valence-corrected chi connectivity index (χ1v) is 7.84. The Morgan fingerprint density at radius 1 is 1.09 bits per heavy atom. The van der Waals surface area contributed by atoms with Crippen molar-refractivity contribution < 1.29 is 14.3 Å². The van der Waals surface area contributed by atoms with Crippen molar-refractivity contribution in [1.29, 1.82) is 0 Å². The fourth-order valence-electron chi connectivity index (χ4n) is 2.01. The van der Waals surface area contributed by atoms with Crippen LogP contribution in [-0.4, -0.2) is 32.1 Å². The van der Waals surface area contributed by atoms with Crippen molar-refractivity contribution in [3.63, 3.8) is 0 Å². The second-order valence-corrected chi connectivity index (χ2v) is 5.18. The first-order chi connectivity index (χ1) is 10.7. The Morgan fingerprint density at radius 3 is 2.45 bits per heavy atom. The number of carbonyl (C=O) groups excluding carboxylic acids is 2. The van der Waals surface area contributed by atoms with Crippen molar-refractivity contribution in [2.24, 2.45) is 0 Å². The maximum absolute atomic E-state index is 11.8. The molecule has 0 bridgehead atoms. The molecule has 2 N–H and O–H groups in total. The van der Waals surface area contributed by atoms with Crippen LogP contribution in [0.5, 0.6) is 0 Å². The zero-order chi connectivity index (χ0) is 16.2. The highest BCUT2D eigenvalue weighted by Gasteiger charge is 2.06. The molecule has 0 unspecified atom stereocenters. The molecule has 0 radical (unpaired) electrons. The van der Waals surface area contributed by atoms with Crippen LogP contribution >= 0.6 is 0 Å². The number of rotatable bonds is 10. The van der Waals surface area contributed by atoms with E-state index in [1.807, 2.05) is 0 Å². The van der Waals surface area contributed by atoms with Gasteiger partial charge in [-0.1, -0.05) is 26.2 Å². The smallest absolute Gasteiger partial charge is 0.251 e. The summed E-state index contributed by atoms with van der Waals surface area (Å²) in [6.07, 6.45) is 4.87. The van der Waals surface area contributed by atoms with Crippen LogP contribution in [0.25, 0.3) is 0 Å². The largest absolute Gasteiger partial charge is 0.383 e. The molecule has 2 amide bonds. The topological polar surface area (TPSA) is 67.4 Å². The Balaban J connectivity index is 2.37. The van der Waals surface area contributed by atoms with Gasteiger partial charge in [0.2, 0.25) is 5.91 Å². The quantitative estimate of drug-likeness (QED) is 0.653. The number of hydrogen-bond acceptors (Lipinski definition) is 3. The minimum atomic E-state index is -0.144. The van der Waals surface area contributed by atoms with Crippen LogP contribution in [-0.2, 0) is 9.53 Å². The number of benzene rings is 1. The van der Waals surface area contributed by atoms with Crippen molar-refractivity contribution in [3.8, 4) is 0 Å². The molecule has 0 aliphatic rings. The van der Waals surface area contributed by atoms with E-state index in [2.05, 4.69) is 17.6 Å². The van der Waals surface area contributed by atoms with E-state index in [0.717, 1.165) is 19.3 Å². The average molecular weight is 306 g/mol. The monoisotopic (exact) mass is 306 g/mol. The molecule has 0 saturated carbocycles. The third-order valence-corrected chi connectivity index (χ3v) is 3.28. The van der Waals surface area contributed by atoms with E-state index in [1.165, 1.54) is 6.42 Å². The minimum Gasteiger partial charge on any atom is -0.383 e. The van der Waals surface area contributed by atoms with Crippen molar-refractivity contribution in [2.45, 2.75) is 39.0 Å². The molecule has 0 saturated heterocycles. The van der Waals surface area contributed by atoms with E-state index < -0.39 is 0 Å². The Hall–Kier alpha value is -1.88. The standard InChI is InChI=1S/C17H26N2O3/c1-3-4-5-6-7-16(20)19-15-10-8-14(9-11-15)17(21)18-12-13-22-2/h8-11H,3-7,12-13H2,1-2H3,(H,18,21)(H,19,20). The van der Waals surface area contributed by atoms with Crippen molar-refractivity contribution >= 4 is 17.5 Å². The molecule has 1 aromatic rings. The summed E-state index contributed by atoms with van der Waals surface area (Å²) >= 11 is 0. The van der Waals surface area contributed by atoms with Gasteiger partial charge in [-0.15, -0.1) is 0 Å². The Morgan fingerprint density at radius 2 is 1.82 bits per heavy atom. The van der Waals surface area contributed by atoms with E-state index in [0.29, 0.717) is 30.8 Å². The molecule has 5 nitrogen and oxygen atoms in total. The fourth-order valence-corrected chi connectivity index (χ4v) is 2.01. The minimum absolute atomic E-state index is 0.0217. The van der Waals surface area contributed by atoms with Crippen molar-refractivity contribution in [1.82, 2.24) is 5.32 Å². The number of nitrogens with one attached hydrogen (secondary N) is 2. The molecule has 0 aromatic heterocycles. The zero-order valence-corrected chi connectivity index (χ0v) is 13.5. The summed E-state index contributed by atoms with van der Waals surface area (Å²) in [5.41, 5.74) is 1.28. The van der Waals surface area contributed by atoms with Gasteiger partial charge in [0.15, 0.2) is 0 Å². The lowest BCUT2D eigenvalue weighted by Crippen LogP contribution is -2.26. The second kappa shape index (κ2) is 10.8. The first-order valence-electron chi connectivity index (χ1n) is 7.84. The molecule has 0 spiro atoms. The van der Waals surface area contributed by atoms with Crippen molar-refractivity contribution in [3.05, 3.63) is 29.8 Å². The normalized spacial score (nSPS) is 10.3. The number of hydrogen-bond donors (Lipinski definition) is 2. The van der Waals surface area contributed by atoms with Crippen LogP contribution in [0, 0.1) is 0 Å². The van der Waals surface area contributed by atoms with Crippen LogP contribution in [0.15, 0.2) is 24.3 Å². The fraction of sp³-hybridized carbons (Fsp3) is 0.529. The van der Waals surface area contributed by atoms with Gasteiger partial charge in [-0.3, -0.25) is 9.59 Å². The number of unbranched alkanes of at least 4 members (excludes halogenated alkanes) is 3. The van der Waals surface area contributed by atoms with Crippen LogP contribution in [0.4, 0.5) is 5.69 Å². The Bertz CT molecular complexity index is 457. The molecule has 122 valence electrons. The summed E-state index contributed by atoms with van der Waals surface area (Å²) < 4.78 is 4.88. The maximum atomic E-state index is 11.8. The predicted octanol–water partition coefficient (Wildman–Crippen LogP) is 2.97. The summed E-state index contributed by atoms with van der Waals surface area (Å²) in [7, 11) is 1.59. The van der Waals surface area contributed by atoms with E-state index >= 15 is 0 Å². The van der Waals surface area contributed by atoms with Crippen LogP contribution in [0.1, 0.15) is 49.4 Å². The zero-order valence-electron chi connectivity index (χ0n) is 13.5. The first kappa shape index (κ1) is 18.2. The molecule has 0 atom stereocenters. The van der Waals surface area contributed by atoms with Gasteiger partial charge in [0.05, 0.1) is 6.61 Å². The summed E-state index contributed by atoms with van der Waals surface area (Å²) in [5.74, 6) is -0.122. The molecule has 0 fully saturated rings. The van der Waals surface area contributed by atoms with Gasteiger partial charge in [-0.25, -0.2) is 0 Å². The lowest BCUT2D eigenvalue weighted by atomic mass is 10.1. The van der Waals surface area contributed by atoms with Gasteiger partial charge in [0, 0.05) is 31.3 Å². The molecular weight excluding hydrogens is 280 g/mol. The summed E-state index contributed by atoms with van der Waals surface area (Å²) in [6, 6.07) is 6.90. The number of carbonyl (C=O) groups is 2. The van der Waals surface area contributed by atoms with Gasteiger partial charge < -0.3 is 15.4 Å². The van der Waals surface area contributed by atoms with E-state index in [9.17, 15) is 9.59 Å². The van der Waals surface area contributed by atoms with Crippen LogP contribution < -0.4 is 10.6 Å². The second-order valence-electron chi connectivity index (χ2n) is 5.18. The number of methoxy groups -OCH3 is 1. The lowest BCUT2D eigenvalue weighted by Gasteiger charge is -2.07. The molecule has 1 rings (SSSR count). The third-order valence-electron chi connectivity index (χ3n) is 3.28. The molecule has 0 aliphatic heterocycles. The van der Waals surface area contributed by atoms with Gasteiger partial charge in [0.1, 0.15) is 0 Å². The Labute approximate surface area is 132 Å². The number of amides is 2. The van der Waals surface area contributed by atoms with Gasteiger partial charge in [-0.05, 0) is 30.7 Å². The number of anilines is 1. The average Bonchev–Trinajstić information content (AvgIpc) is 2.52. The molecule has 5 heteroatoms. The van der Waals surface area contributed by atoms with E-state index in [-0.39, 0.29) is 11.8 Å². The van der Waals surface area contributed by atoms with Gasteiger partial charge in [0.25, 0.3) is 5.91 Å². The summed E-state index contributed by atoms with van der Waals surface area (Å²) in [4.78, 5) is 23.6. The maximum Gasteiger partial charge on any atom is 0.251 e. The van der Waals surface area contributed by atoms with Gasteiger partial charge >= 0.3 is 0 Å². The van der Waals surface area contributed by atoms with Crippen molar-refractivity contribution in [2.75, 3.05) is 25.6 Å². The molecule has 0 aliphatic carbocycles. The summed E-state index contributed by atoms with van der Waals surface area (Å²) in [5, 5.41) is 5.60. The Kier molecular flexibility index (Phi) is 8.91. The molecule has 22 heavy (non-hydrogen) atoms. The highest BCUT2D eigenvalue weighted by atomic mass is 16.5. The molecule has 1 aromatic carbocycles. The summed E-state index contributed by atoms with van der Waals surface area (Å²) in [6.45, 7) is 3.11. The molecule has 0 heterocycles. The highest BCUT2D eigenvalue weighted by molar-refractivity contribution is 5.95. The van der Waals surface area contributed by atoms with Gasteiger partial charge in [-0.2, -0.15) is 0 Å². The molecular formula is C17H26N2O3. The van der Waals surface area contributed by atoms with E-state index in [4.69, 9.17) is 4.74 Å². The number of ether oxygens (including phenoxy) is 1. The predicted molar refractivity (Wildman–Crippen MR) is 88.0 cm³/mol. The highest BCUT2D eigenvalue weighted by Crippen LogP contribution is 2.11. The van der Waals surface area contributed by atoms with Crippen LogP contribution in [0.2, 0.25) is 0 Å². The van der Waals surface area contributed by atoms with Crippen LogP contribution in [0.3, 0.4) is 0 Å².